The van der Waals surface area contributed by atoms with Crippen LogP contribution in [0.15, 0.2) is 47.1 Å². The second-order valence-electron chi connectivity index (χ2n) is 3.69. The van der Waals surface area contributed by atoms with E-state index in [-0.39, 0.29) is 0 Å². The lowest BCUT2D eigenvalue weighted by molar-refractivity contribution is 0.580. The minimum absolute atomic E-state index is 0.423. The van der Waals surface area contributed by atoms with Crippen LogP contribution in [0.2, 0.25) is 5.02 Å². The Balaban J connectivity index is 2.07. The number of anilines is 1. The van der Waals surface area contributed by atoms with Gasteiger partial charge in [-0.1, -0.05) is 16.8 Å². The average molecular weight is 261 g/mol. The van der Waals surface area contributed by atoms with E-state index in [1.807, 2.05) is 12.1 Å². The minimum Gasteiger partial charge on any atom is -0.463 e. The van der Waals surface area contributed by atoms with Crippen molar-refractivity contribution in [2.45, 2.75) is 0 Å². The molecule has 1 aromatic carbocycles. The van der Waals surface area contributed by atoms with Crippen molar-refractivity contribution in [2.24, 2.45) is 0 Å². The zero-order chi connectivity index (χ0) is 12.5. The molecule has 2 heterocycles. The molecule has 0 amide bonds. The molecule has 0 spiro atoms. The van der Waals surface area contributed by atoms with Gasteiger partial charge in [-0.2, -0.15) is 4.68 Å². The maximum atomic E-state index is 6.01. The van der Waals surface area contributed by atoms with E-state index in [9.17, 15) is 0 Å². The highest BCUT2D eigenvalue weighted by Gasteiger charge is 2.14. The lowest BCUT2D eigenvalue weighted by atomic mass is 10.3. The van der Waals surface area contributed by atoms with Crippen LogP contribution in [0.4, 0.5) is 5.82 Å². The minimum atomic E-state index is 0.423. The van der Waals surface area contributed by atoms with E-state index in [1.165, 1.54) is 4.68 Å². The first-order valence-corrected chi connectivity index (χ1v) is 5.64. The molecule has 0 aliphatic rings. The zero-order valence-corrected chi connectivity index (χ0v) is 10.0. The number of nitrogen functional groups attached to an aromatic ring is 1. The van der Waals surface area contributed by atoms with Crippen LogP contribution in [0, 0.1) is 0 Å². The molecule has 3 rings (SSSR count). The van der Waals surface area contributed by atoms with E-state index in [1.54, 1.807) is 30.5 Å². The van der Waals surface area contributed by atoms with E-state index in [0.29, 0.717) is 22.3 Å². The van der Waals surface area contributed by atoms with Crippen LogP contribution in [0.3, 0.4) is 0 Å². The Morgan fingerprint density at radius 3 is 2.61 bits per heavy atom. The second-order valence-corrected chi connectivity index (χ2v) is 4.13. The molecular weight excluding hydrogens is 252 g/mol. The molecule has 0 fully saturated rings. The van der Waals surface area contributed by atoms with Gasteiger partial charge in [0.1, 0.15) is 0 Å². The Hall–Kier alpha value is -2.27. The van der Waals surface area contributed by atoms with E-state index >= 15 is 0 Å². The van der Waals surface area contributed by atoms with Crippen LogP contribution in [0.25, 0.3) is 17.1 Å². The van der Waals surface area contributed by atoms with Crippen LogP contribution in [0.1, 0.15) is 0 Å². The highest BCUT2D eigenvalue weighted by atomic mass is 35.5. The summed E-state index contributed by atoms with van der Waals surface area (Å²) in [5, 5.41) is 8.68. The topological polar surface area (TPSA) is 69.9 Å². The Morgan fingerprint density at radius 2 is 1.94 bits per heavy atom. The molecule has 5 nitrogen and oxygen atoms in total. The summed E-state index contributed by atoms with van der Waals surface area (Å²) in [6.45, 7) is 0. The molecule has 3 aromatic rings. The number of nitrogens with zero attached hydrogens (tertiary/aromatic N) is 3. The molecule has 0 aliphatic heterocycles. The maximum absolute atomic E-state index is 6.01. The molecule has 0 aliphatic carbocycles. The summed E-state index contributed by atoms with van der Waals surface area (Å²) in [5.41, 5.74) is 7.33. The van der Waals surface area contributed by atoms with E-state index in [0.717, 1.165) is 5.69 Å². The van der Waals surface area contributed by atoms with Gasteiger partial charge >= 0.3 is 0 Å². The van der Waals surface area contributed by atoms with Crippen molar-refractivity contribution in [1.29, 1.82) is 0 Å². The van der Waals surface area contributed by atoms with Gasteiger partial charge in [-0.05, 0) is 36.4 Å². The molecule has 0 atom stereocenters. The maximum Gasteiger partial charge on any atom is 0.172 e. The van der Waals surface area contributed by atoms with E-state index in [4.69, 9.17) is 21.8 Å². The van der Waals surface area contributed by atoms with Gasteiger partial charge in [-0.25, -0.2) is 0 Å². The van der Waals surface area contributed by atoms with Crippen molar-refractivity contribution in [3.05, 3.63) is 47.7 Å². The number of furan rings is 1. The van der Waals surface area contributed by atoms with Gasteiger partial charge < -0.3 is 10.2 Å². The molecule has 0 radical (unpaired) electrons. The monoisotopic (exact) mass is 260 g/mol. The lowest BCUT2D eigenvalue weighted by Gasteiger charge is -2.02. The van der Waals surface area contributed by atoms with Gasteiger partial charge in [-0.15, -0.1) is 5.10 Å². The Labute approximate surface area is 108 Å². The normalized spacial score (nSPS) is 10.7. The van der Waals surface area contributed by atoms with Crippen LogP contribution in [-0.2, 0) is 0 Å². The smallest absolute Gasteiger partial charge is 0.172 e. The third-order valence-corrected chi connectivity index (χ3v) is 2.78. The number of hydrogen-bond donors (Lipinski definition) is 1. The van der Waals surface area contributed by atoms with E-state index in [2.05, 4.69) is 10.3 Å². The molecular formula is C12H9ClN4O. The lowest BCUT2D eigenvalue weighted by Crippen LogP contribution is -2.01. The first-order chi connectivity index (χ1) is 8.75. The summed E-state index contributed by atoms with van der Waals surface area (Å²) in [4.78, 5) is 0. The fourth-order valence-corrected chi connectivity index (χ4v) is 1.78. The molecule has 0 saturated carbocycles. The first-order valence-electron chi connectivity index (χ1n) is 5.27. The molecule has 18 heavy (non-hydrogen) atoms. The molecule has 0 saturated heterocycles. The summed E-state index contributed by atoms with van der Waals surface area (Å²) in [6, 6.07) is 10.7. The molecule has 2 N–H and O–H groups in total. The third-order valence-electron chi connectivity index (χ3n) is 2.53. The third kappa shape index (κ3) is 1.74. The summed E-state index contributed by atoms with van der Waals surface area (Å²) in [6.07, 6.45) is 1.57. The van der Waals surface area contributed by atoms with Gasteiger partial charge in [0.2, 0.25) is 0 Å². The summed E-state index contributed by atoms with van der Waals surface area (Å²) < 4.78 is 6.79. The fraction of sp³-hybridized carbons (Fsp3) is 0. The fourth-order valence-electron chi connectivity index (χ4n) is 1.65. The van der Waals surface area contributed by atoms with Gasteiger partial charge in [0.05, 0.1) is 12.0 Å². The van der Waals surface area contributed by atoms with Gasteiger partial charge in [0.15, 0.2) is 17.3 Å². The number of aromatic nitrogens is 3. The number of nitrogens with two attached hydrogens (primary N) is 1. The van der Waals surface area contributed by atoms with Gasteiger partial charge in [-0.3, -0.25) is 0 Å². The van der Waals surface area contributed by atoms with E-state index < -0.39 is 0 Å². The number of halogens is 1. The average Bonchev–Trinajstić information content (AvgIpc) is 2.99. The molecule has 2 aromatic heterocycles. The first kappa shape index (κ1) is 10.9. The molecule has 0 bridgehead atoms. The Morgan fingerprint density at radius 1 is 1.17 bits per heavy atom. The van der Waals surface area contributed by atoms with Crippen molar-refractivity contribution >= 4 is 17.4 Å². The standard InChI is InChI=1S/C12H9ClN4O/c13-8-3-5-9(6-4-8)17-12(14)11(15-16-17)10-2-1-7-18-10/h1-7H,14H2. The second kappa shape index (κ2) is 4.19. The van der Waals surface area contributed by atoms with Crippen molar-refractivity contribution in [2.75, 3.05) is 5.73 Å². The number of rotatable bonds is 2. The molecule has 90 valence electrons. The predicted molar refractivity (Wildman–Crippen MR) is 68.5 cm³/mol. The van der Waals surface area contributed by atoms with Crippen molar-refractivity contribution < 1.29 is 4.42 Å². The Bertz CT molecular complexity index is 658. The predicted octanol–water partition coefficient (Wildman–Crippen LogP) is 2.76. The largest absolute Gasteiger partial charge is 0.463 e. The Kier molecular flexibility index (Phi) is 2.53. The highest BCUT2D eigenvalue weighted by molar-refractivity contribution is 6.30. The van der Waals surface area contributed by atoms with Crippen molar-refractivity contribution in [1.82, 2.24) is 15.0 Å². The van der Waals surface area contributed by atoms with Gasteiger partial charge in [0.25, 0.3) is 0 Å². The molecule has 0 unspecified atom stereocenters. The summed E-state index contributed by atoms with van der Waals surface area (Å²) >= 11 is 5.83. The van der Waals surface area contributed by atoms with Crippen molar-refractivity contribution in [3.8, 4) is 17.1 Å². The van der Waals surface area contributed by atoms with Crippen molar-refractivity contribution in [3.63, 3.8) is 0 Å². The molecule has 6 heteroatoms. The summed E-state index contributed by atoms with van der Waals surface area (Å²) in [7, 11) is 0. The quantitative estimate of drug-likeness (QED) is 0.769. The highest BCUT2D eigenvalue weighted by Crippen LogP contribution is 2.25. The van der Waals surface area contributed by atoms with Crippen LogP contribution in [0.5, 0.6) is 0 Å². The number of hydrogen-bond acceptors (Lipinski definition) is 4. The van der Waals surface area contributed by atoms with Gasteiger partial charge in [0, 0.05) is 5.02 Å². The SMILES string of the molecule is Nc1c(-c2ccco2)nnn1-c1ccc(Cl)cc1. The zero-order valence-electron chi connectivity index (χ0n) is 9.25. The van der Waals surface area contributed by atoms with Crippen LogP contribution < -0.4 is 5.73 Å². The summed E-state index contributed by atoms with van der Waals surface area (Å²) in [5.74, 6) is 1.01. The van der Waals surface area contributed by atoms with Crippen LogP contribution >= 0.6 is 11.6 Å². The van der Waals surface area contributed by atoms with Crippen LogP contribution in [-0.4, -0.2) is 15.0 Å². The number of benzene rings is 1.